The lowest BCUT2D eigenvalue weighted by Crippen LogP contribution is -2.43. The highest BCUT2D eigenvalue weighted by atomic mass is 16.2. The van der Waals surface area contributed by atoms with E-state index in [0.717, 1.165) is 37.7 Å². The number of pyridine rings is 1. The summed E-state index contributed by atoms with van der Waals surface area (Å²) in [6.07, 6.45) is 3.20. The molecule has 118 valence electrons. The van der Waals surface area contributed by atoms with Crippen molar-refractivity contribution in [2.24, 2.45) is 0 Å². The molecule has 1 saturated heterocycles. The molecule has 0 spiro atoms. The van der Waals surface area contributed by atoms with Crippen molar-refractivity contribution in [3.8, 4) is 5.69 Å². The monoisotopic (exact) mass is 313 g/mol. The van der Waals surface area contributed by atoms with E-state index in [0.29, 0.717) is 5.65 Å². The molecule has 3 aromatic rings. The number of nitrogens with one attached hydrogen (secondary N) is 3. The van der Waals surface area contributed by atoms with Gasteiger partial charge in [-0.05, 0) is 12.1 Å². The quantitative estimate of drug-likeness (QED) is 0.571. The third-order valence-corrected chi connectivity index (χ3v) is 3.89. The van der Waals surface area contributed by atoms with E-state index in [9.17, 15) is 9.59 Å². The van der Waals surface area contributed by atoms with E-state index in [4.69, 9.17) is 0 Å². The van der Waals surface area contributed by atoms with Crippen molar-refractivity contribution in [1.82, 2.24) is 29.8 Å². The summed E-state index contributed by atoms with van der Waals surface area (Å²) < 4.78 is 1.64. The number of piperazine rings is 1. The van der Waals surface area contributed by atoms with E-state index in [2.05, 4.69) is 30.2 Å². The lowest BCUT2D eigenvalue weighted by Gasteiger charge is -2.28. The zero-order valence-corrected chi connectivity index (χ0v) is 12.2. The van der Waals surface area contributed by atoms with Gasteiger partial charge in [0.1, 0.15) is 12.1 Å². The maximum Gasteiger partial charge on any atom is 0.327 e. The first kappa shape index (κ1) is 13.7. The minimum Gasteiger partial charge on any atom is -0.354 e. The summed E-state index contributed by atoms with van der Waals surface area (Å²) in [6.45, 7) is 3.73. The van der Waals surface area contributed by atoms with Gasteiger partial charge in [0.2, 0.25) is 0 Å². The first-order valence-corrected chi connectivity index (χ1v) is 7.34. The number of H-pyrrole nitrogens is 2. The molecule has 4 rings (SSSR count). The van der Waals surface area contributed by atoms with E-state index in [1.54, 1.807) is 10.8 Å². The van der Waals surface area contributed by atoms with Crippen LogP contribution in [0.1, 0.15) is 0 Å². The Labute approximate surface area is 130 Å². The normalized spacial score (nSPS) is 15.2. The summed E-state index contributed by atoms with van der Waals surface area (Å²) in [5, 5.41) is 3.30. The van der Waals surface area contributed by atoms with Crippen molar-refractivity contribution in [2.45, 2.75) is 0 Å². The molecule has 9 heteroatoms. The highest BCUT2D eigenvalue weighted by Crippen LogP contribution is 2.16. The SMILES string of the molecule is O=c1[nH]c(=O)c2ncn(-c3ccc(N4CCNCC4)nc3)c2[nH]1. The number of nitrogens with zero attached hydrogens (tertiary/aromatic N) is 4. The lowest BCUT2D eigenvalue weighted by molar-refractivity contribution is 0.585. The summed E-state index contributed by atoms with van der Waals surface area (Å²) in [7, 11) is 0. The fraction of sp³-hybridized carbons (Fsp3) is 0.286. The van der Waals surface area contributed by atoms with Gasteiger partial charge in [0.25, 0.3) is 5.56 Å². The standard InChI is InChI=1S/C14H15N7O2/c22-13-11-12(18-14(23)19-13)21(8-17-11)9-1-2-10(16-7-9)20-5-3-15-4-6-20/h1-2,7-8,15H,3-6H2,(H2,18,19,22,23). The van der Waals surface area contributed by atoms with Crippen LogP contribution in [0.25, 0.3) is 16.9 Å². The van der Waals surface area contributed by atoms with Gasteiger partial charge in [-0.25, -0.2) is 14.8 Å². The van der Waals surface area contributed by atoms with Gasteiger partial charge in [-0.1, -0.05) is 0 Å². The Kier molecular flexibility index (Phi) is 3.19. The molecule has 0 aliphatic carbocycles. The molecule has 23 heavy (non-hydrogen) atoms. The van der Waals surface area contributed by atoms with Crippen LogP contribution in [0.4, 0.5) is 5.82 Å². The molecule has 1 aliphatic heterocycles. The van der Waals surface area contributed by atoms with Gasteiger partial charge in [-0.2, -0.15) is 0 Å². The van der Waals surface area contributed by atoms with Crippen molar-refractivity contribution < 1.29 is 0 Å². The minimum atomic E-state index is -0.561. The molecule has 0 aromatic carbocycles. The number of hydrogen-bond donors (Lipinski definition) is 3. The van der Waals surface area contributed by atoms with Gasteiger partial charge in [0, 0.05) is 26.2 Å². The first-order valence-electron chi connectivity index (χ1n) is 7.34. The van der Waals surface area contributed by atoms with Gasteiger partial charge in [-0.3, -0.25) is 19.3 Å². The Morgan fingerprint density at radius 3 is 2.61 bits per heavy atom. The molecule has 0 amide bonds. The van der Waals surface area contributed by atoms with Crippen molar-refractivity contribution in [3.63, 3.8) is 0 Å². The van der Waals surface area contributed by atoms with Gasteiger partial charge < -0.3 is 10.2 Å². The zero-order chi connectivity index (χ0) is 15.8. The lowest BCUT2D eigenvalue weighted by atomic mass is 10.3. The second-order valence-corrected chi connectivity index (χ2v) is 5.33. The average molecular weight is 313 g/mol. The first-order chi connectivity index (χ1) is 11.2. The van der Waals surface area contributed by atoms with Crippen LogP contribution >= 0.6 is 0 Å². The van der Waals surface area contributed by atoms with Crippen LogP contribution in [0.2, 0.25) is 0 Å². The Morgan fingerprint density at radius 2 is 1.87 bits per heavy atom. The fourth-order valence-electron chi connectivity index (χ4n) is 2.73. The van der Waals surface area contributed by atoms with Crippen molar-refractivity contribution in [1.29, 1.82) is 0 Å². The number of rotatable bonds is 2. The number of aromatic nitrogens is 5. The molecule has 0 radical (unpaired) electrons. The zero-order valence-electron chi connectivity index (χ0n) is 12.2. The Balaban J connectivity index is 1.73. The topological polar surface area (TPSA) is 112 Å². The fourth-order valence-corrected chi connectivity index (χ4v) is 2.73. The summed E-state index contributed by atoms with van der Waals surface area (Å²) in [4.78, 5) is 38.7. The summed E-state index contributed by atoms with van der Waals surface area (Å²) >= 11 is 0. The van der Waals surface area contributed by atoms with E-state index in [1.807, 2.05) is 12.1 Å². The molecule has 1 fully saturated rings. The maximum absolute atomic E-state index is 11.7. The smallest absolute Gasteiger partial charge is 0.327 e. The molecular weight excluding hydrogens is 298 g/mol. The molecule has 0 atom stereocenters. The molecule has 4 heterocycles. The van der Waals surface area contributed by atoms with E-state index in [-0.39, 0.29) is 5.52 Å². The van der Waals surface area contributed by atoms with Crippen LogP contribution in [-0.4, -0.2) is 50.7 Å². The number of hydrogen-bond acceptors (Lipinski definition) is 6. The Morgan fingerprint density at radius 1 is 1.04 bits per heavy atom. The molecule has 0 unspecified atom stereocenters. The van der Waals surface area contributed by atoms with Crippen molar-refractivity contribution in [2.75, 3.05) is 31.1 Å². The molecule has 9 nitrogen and oxygen atoms in total. The highest BCUT2D eigenvalue weighted by Gasteiger charge is 2.13. The van der Waals surface area contributed by atoms with Crippen molar-refractivity contribution in [3.05, 3.63) is 45.5 Å². The average Bonchev–Trinajstić information content (AvgIpc) is 3.00. The predicted octanol–water partition coefficient (Wildman–Crippen LogP) is -0.793. The Bertz CT molecular complexity index is 948. The van der Waals surface area contributed by atoms with Crippen LogP contribution < -0.4 is 21.5 Å². The number of fused-ring (bicyclic) bond motifs is 1. The van der Waals surface area contributed by atoms with E-state index in [1.165, 1.54) is 6.33 Å². The highest BCUT2D eigenvalue weighted by molar-refractivity contribution is 5.71. The molecule has 3 N–H and O–H groups in total. The third-order valence-electron chi connectivity index (χ3n) is 3.89. The second kappa shape index (κ2) is 5.36. The third kappa shape index (κ3) is 2.40. The maximum atomic E-state index is 11.7. The molecule has 3 aromatic heterocycles. The summed E-state index contributed by atoms with van der Waals surface area (Å²) in [5.41, 5.74) is 0.210. The van der Waals surface area contributed by atoms with Gasteiger partial charge in [-0.15, -0.1) is 0 Å². The van der Waals surface area contributed by atoms with Gasteiger partial charge in [0.05, 0.1) is 11.9 Å². The van der Waals surface area contributed by atoms with Gasteiger partial charge >= 0.3 is 5.69 Å². The van der Waals surface area contributed by atoms with Crippen LogP contribution in [0.3, 0.4) is 0 Å². The Hall–Kier alpha value is -2.94. The van der Waals surface area contributed by atoms with Crippen molar-refractivity contribution >= 4 is 17.0 Å². The van der Waals surface area contributed by atoms with Crippen LogP contribution in [-0.2, 0) is 0 Å². The molecular formula is C14H15N7O2. The second-order valence-electron chi connectivity index (χ2n) is 5.33. The number of anilines is 1. The van der Waals surface area contributed by atoms with Crippen LogP contribution in [0.5, 0.6) is 0 Å². The number of aromatic amines is 2. The molecule has 1 aliphatic rings. The molecule has 0 bridgehead atoms. The number of imidazole rings is 1. The van der Waals surface area contributed by atoms with E-state index >= 15 is 0 Å². The van der Waals surface area contributed by atoms with Gasteiger partial charge in [0.15, 0.2) is 11.2 Å². The predicted molar refractivity (Wildman–Crippen MR) is 85.2 cm³/mol. The summed E-state index contributed by atoms with van der Waals surface area (Å²) in [5.74, 6) is 0.908. The summed E-state index contributed by atoms with van der Waals surface area (Å²) in [6, 6.07) is 3.82. The minimum absolute atomic E-state index is 0.191. The van der Waals surface area contributed by atoms with Crippen LogP contribution in [0, 0.1) is 0 Å². The van der Waals surface area contributed by atoms with Crippen LogP contribution in [0.15, 0.2) is 34.2 Å². The molecule has 0 saturated carbocycles. The largest absolute Gasteiger partial charge is 0.354 e. The van der Waals surface area contributed by atoms with E-state index < -0.39 is 11.2 Å².